The highest BCUT2D eigenvalue weighted by atomic mass is 19.3. The zero-order chi connectivity index (χ0) is 25.6. The van der Waals surface area contributed by atoms with Gasteiger partial charge < -0.3 is 15.0 Å². The lowest BCUT2D eigenvalue weighted by Crippen LogP contribution is -2.35. The molecule has 4 nitrogen and oxygen atoms in total. The number of hydrogen-bond donors (Lipinski definition) is 1. The van der Waals surface area contributed by atoms with Gasteiger partial charge in [-0.15, -0.1) is 0 Å². The van der Waals surface area contributed by atoms with Crippen molar-refractivity contribution in [2.45, 2.75) is 63.9 Å². The molecule has 1 N–H and O–H groups in total. The van der Waals surface area contributed by atoms with E-state index in [0.29, 0.717) is 19.0 Å². The normalized spacial score (nSPS) is 20.2. The Labute approximate surface area is 204 Å². The molecule has 0 aromatic heterocycles. The molecule has 2 aromatic carbocycles. The minimum absolute atomic E-state index is 0.0308. The molecule has 0 bridgehead atoms. The van der Waals surface area contributed by atoms with Gasteiger partial charge in [0.25, 0.3) is 12.9 Å². The summed E-state index contributed by atoms with van der Waals surface area (Å²) in [5.74, 6) is 0.505. The monoisotopic (exact) mass is 494 g/mol. The number of ether oxygens (including phenoxy) is 1. The Hall–Kier alpha value is -2.61. The fraction of sp³-hybridized carbons (Fsp3) is 0.519. The van der Waals surface area contributed by atoms with Gasteiger partial charge in [0.1, 0.15) is 5.60 Å². The van der Waals surface area contributed by atoms with Gasteiger partial charge in [-0.1, -0.05) is 36.4 Å². The fourth-order valence-electron chi connectivity index (χ4n) is 4.36. The number of nitrogens with one attached hydrogen (secondary N) is 1. The summed E-state index contributed by atoms with van der Waals surface area (Å²) in [7, 11) is 0. The third-order valence-electron chi connectivity index (χ3n) is 6.17. The maximum absolute atomic E-state index is 12.7. The molecule has 0 radical (unpaired) electrons. The van der Waals surface area contributed by atoms with Crippen LogP contribution in [0.15, 0.2) is 48.5 Å². The molecule has 2 fully saturated rings. The summed E-state index contributed by atoms with van der Waals surface area (Å²) in [4.78, 5) is 13.6. The van der Waals surface area contributed by atoms with E-state index in [9.17, 15) is 22.4 Å². The molecule has 0 aliphatic carbocycles. The van der Waals surface area contributed by atoms with Gasteiger partial charge in [0.2, 0.25) is 0 Å². The van der Waals surface area contributed by atoms with E-state index in [1.165, 1.54) is 18.2 Å². The van der Waals surface area contributed by atoms with Crippen molar-refractivity contribution in [2.24, 2.45) is 0 Å². The number of likely N-dealkylation sites (tertiary alicyclic amines) is 1. The maximum Gasteiger partial charge on any atom is 0.410 e. The van der Waals surface area contributed by atoms with E-state index in [1.54, 1.807) is 23.1 Å². The van der Waals surface area contributed by atoms with Crippen molar-refractivity contribution >= 4 is 6.09 Å². The number of alkyl halides is 4. The topological polar surface area (TPSA) is 41.6 Å². The molecule has 0 saturated carbocycles. The first-order chi connectivity index (χ1) is 16.5. The lowest BCUT2D eigenvalue weighted by molar-refractivity contribution is 0.0292. The molecule has 2 aliphatic rings. The second-order valence-electron chi connectivity index (χ2n) is 10.0. The van der Waals surface area contributed by atoms with Crippen molar-refractivity contribution in [3.05, 3.63) is 70.8 Å². The van der Waals surface area contributed by atoms with Crippen LogP contribution in [-0.4, -0.2) is 42.8 Å². The predicted octanol–water partition coefficient (Wildman–Crippen LogP) is 7.05. The molecule has 35 heavy (non-hydrogen) atoms. The van der Waals surface area contributed by atoms with Gasteiger partial charge in [0.15, 0.2) is 0 Å². The molecular formula is C27H34F4N2O2. The maximum atomic E-state index is 12.7. The van der Waals surface area contributed by atoms with Crippen molar-refractivity contribution in [2.75, 3.05) is 26.2 Å². The summed E-state index contributed by atoms with van der Waals surface area (Å²) >= 11 is 0. The molecule has 2 saturated heterocycles. The van der Waals surface area contributed by atoms with Crippen molar-refractivity contribution in [1.82, 2.24) is 10.2 Å². The van der Waals surface area contributed by atoms with Crippen LogP contribution in [0.25, 0.3) is 0 Å². The molecule has 2 aromatic rings. The van der Waals surface area contributed by atoms with Gasteiger partial charge in [-0.25, -0.2) is 22.4 Å². The van der Waals surface area contributed by atoms with Crippen molar-refractivity contribution < 1.29 is 27.1 Å². The Kier molecular flexibility index (Phi) is 9.16. The van der Waals surface area contributed by atoms with E-state index >= 15 is 0 Å². The van der Waals surface area contributed by atoms with E-state index in [1.807, 2.05) is 32.9 Å². The van der Waals surface area contributed by atoms with Gasteiger partial charge in [-0.2, -0.15) is 0 Å². The van der Waals surface area contributed by atoms with E-state index < -0.39 is 18.5 Å². The van der Waals surface area contributed by atoms with E-state index in [2.05, 4.69) is 5.32 Å². The second kappa shape index (κ2) is 11.9. The van der Waals surface area contributed by atoms with Gasteiger partial charge in [0.05, 0.1) is 0 Å². The highest BCUT2D eigenvalue weighted by molar-refractivity contribution is 5.68. The van der Waals surface area contributed by atoms with Crippen LogP contribution in [0.1, 0.15) is 80.6 Å². The smallest absolute Gasteiger partial charge is 0.410 e. The van der Waals surface area contributed by atoms with Crippen LogP contribution >= 0.6 is 0 Å². The van der Waals surface area contributed by atoms with Crippen molar-refractivity contribution in [3.8, 4) is 0 Å². The summed E-state index contributed by atoms with van der Waals surface area (Å²) in [5.41, 5.74) is 1.54. The zero-order valence-electron chi connectivity index (χ0n) is 20.4. The predicted molar refractivity (Wildman–Crippen MR) is 128 cm³/mol. The van der Waals surface area contributed by atoms with E-state index in [0.717, 1.165) is 37.1 Å². The number of amides is 1. The first-order valence-electron chi connectivity index (χ1n) is 12.0. The quantitative estimate of drug-likeness (QED) is 0.463. The first-order valence-corrected chi connectivity index (χ1v) is 12.0. The summed E-state index contributed by atoms with van der Waals surface area (Å²) in [5, 5.41) is 3.23. The molecule has 2 unspecified atom stereocenters. The Morgan fingerprint density at radius 2 is 1.51 bits per heavy atom. The van der Waals surface area contributed by atoms with Crippen molar-refractivity contribution in [1.29, 1.82) is 0 Å². The van der Waals surface area contributed by atoms with Crippen LogP contribution in [0.5, 0.6) is 0 Å². The number of carbonyl (C=O) groups excluding carboxylic acids is 1. The number of benzene rings is 2. The number of halogens is 4. The molecule has 2 atom stereocenters. The lowest BCUT2D eigenvalue weighted by Gasteiger charge is -2.24. The van der Waals surface area contributed by atoms with Crippen LogP contribution < -0.4 is 5.32 Å². The van der Waals surface area contributed by atoms with Crippen LogP contribution in [-0.2, 0) is 4.74 Å². The summed E-state index contributed by atoms with van der Waals surface area (Å²) in [6, 6.07) is 13.2. The molecule has 2 heterocycles. The molecule has 2 aliphatic heterocycles. The van der Waals surface area contributed by atoms with Crippen LogP contribution in [0.3, 0.4) is 0 Å². The largest absolute Gasteiger partial charge is 0.444 e. The third kappa shape index (κ3) is 7.95. The molecule has 0 spiro atoms. The number of nitrogens with zero attached hydrogens (tertiary/aromatic N) is 1. The molecule has 4 rings (SSSR count). The minimum atomic E-state index is -2.46. The standard InChI is InChI=1S/C16H21F2NO2.C11H13F2N/c1-16(2,3)21-15(20)19-8-7-13(10-19)11-5-4-6-12(9-11)14(17)18;12-11(13)9-3-1-2-8(6-9)10-4-5-14-7-10/h4-6,9,13-14H,7-8,10H2,1-3H3;1-3,6,10-11,14H,4-5,7H2. The highest BCUT2D eigenvalue weighted by Crippen LogP contribution is 2.31. The second-order valence-corrected chi connectivity index (χ2v) is 10.0. The Morgan fingerprint density at radius 1 is 0.943 bits per heavy atom. The number of carbonyl (C=O) groups is 1. The molecule has 8 heteroatoms. The summed E-state index contributed by atoms with van der Waals surface area (Å²) < 4.78 is 55.7. The fourth-order valence-corrected chi connectivity index (χ4v) is 4.36. The summed E-state index contributed by atoms with van der Waals surface area (Å²) in [6.07, 6.45) is -3.34. The van der Waals surface area contributed by atoms with Gasteiger partial charge in [-0.05, 0) is 69.3 Å². The average Bonchev–Trinajstić information content (AvgIpc) is 3.51. The van der Waals surface area contributed by atoms with Crippen LogP contribution in [0, 0.1) is 0 Å². The van der Waals surface area contributed by atoms with E-state index in [-0.39, 0.29) is 23.1 Å². The van der Waals surface area contributed by atoms with Crippen molar-refractivity contribution in [3.63, 3.8) is 0 Å². The average molecular weight is 495 g/mol. The molecule has 192 valence electrons. The number of hydrogen-bond acceptors (Lipinski definition) is 3. The molecule has 1 amide bonds. The lowest BCUT2D eigenvalue weighted by atomic mass is 9.97. The number of rotatable bonds is 4. The molecular weight excluding hydrogens is 460 g/mol. The van der Waals surface area contributed by atoms with E-state index in [4.69, 9.17) is 4.74 Å². The Morgan fingerprint density at radius 3 is 2.00 bits per heavy atom. The highest BCUT2D eigenvalue weighted by Gasteiger charge is 2.30. The Bertz CT molecular complexity index is 972. The SMILES string of the molecule is CC(C)(C)OC(=O)N1CCC(c2cccc(C(F)F)c2)C1.FC(F)c1cccc(C2CCNC2)c1. The van der Waals surface area contributed by atoms with Gasteiger partial charge in [-0.3, -0.25) is 0 Å². The van der Waals surface area contributed by atoms with Crippen LogP contribution in [0.4, 0.5) is 22.4 Å². The zero-order valence-corrected chi connectivity index (χ0v) is 20.4. The Balaban J connectivity index is 0.000000211. The summed E-state index contributed by atoms with van der Waals surface area (Å²) in [6.45, 7) is 8.48. The third-order valence-corrected chi connectivity index (χ3v) is 6.17. The van der Waals surface area contributed by atoms with Gasteiger partial charge in [0, 0.05) is 36.7 Å². The van der Waals surface area contributed by atoms with Crippen LogP contribution in [0.2, 0.25) is 0 Å². The first kappa shape index (κ1) is 27.0. The van der Waals surface area contributed by atoms with Gasteiger partial charge >= 0.3 is 6.09 Å². The minimum Gasteiger partial charge on any atom is -0.444 e.